The van der Waals surface area contributed by atoms with Gasteiger partial charge in [0.05, 0.1) is 0 Å². The van der Waals surface area contributed by atoms with Crippen molar-refractivity contribution >= 4 is 16.7 Å². The zero-order valence-electron chi connectivity index (χ0n) is 14.0. The van der Waals surface area contributed by atoms with Crippen LogP contribution in [-0.4, -0.2) is 61.5 Å². The molecule has 0 aliphatic carbocycles. The summed E-state index contributed by atoms with van der Waals surface area (Å²) in [5, 5.41) is 5.22. The van der Waals surface area contributed by atoms with Crippen molar-refractivity contribution in [1.29, 1.82) is 0 Å². The lowest BCUT2D eigenvalue weighted by Gasteiger charge is -2.36. The highest BCUT2D eigenvalue weighted by Crippen LogP contribution is 2.18. The van der Waals surface area contributed by atoms with Crippen molar-refractivity contribution in [1.82, 2.24) is 15.1 Å². The first-order chi connectivity index (χ1) is 11.1. The van der Waals surface area contributed by atoms with Crippen molar-refractivity contribution in [2.45, 2.75) is 13.0 Å². The summed E-state index contributed by atoms with van der Waals surface area (Å²) in [6, 6.07) is 14.3. The Morgan fingerprint density at radius 1 is 1.09 bits per heavy atom. The minimum Gasteiger partial charge on any atom is -0.350 e. The van der Waals surface area contributed by atoms with Crippen LogP contribution in [0.1, 0.15) is 17.3 Å². The smallest absolute Gasteiger partial charge is 0.251 e. The van der Waals surface area contributed by atoms with Gasteiger partial charge in [-0.05, 0) is 30.8 Å². The number of nitrogens with one attached hydrogen (secondary N) is 1. The molecule has 1 saturated heterocycles. The predicted molar refractivity (Wildman–Crippen MR) is 94.8 cm³/mol. The molecule has 4 nitrogen and oxygen atoms in total. The molecule has 1 heterocycles. The third-order valence-electron chi connectivity index (χ3n) is 4.75. The van der Waals surface area contributed by atoms with Crippen LogP contribution in [0.2, 0.25) is 0 Å². The molecule has 1 atom stereocenters. The minimum absolute atomic E-state index is 0.0165. The normalized spacial score (nSPS) is 18.0. The summed E-state index contributed by atoms with van der Waals surface area (Å²) in [6.07, 6.45) is 0. The van der Waals surface area contributed by atoms with Gasteiger partial charge in [-0.25, -0.2) is 0 Å². The Bertz CT molecular complexity index is 672. The van der Waals surface area contributed by atoms with Gasteiger partial charge in [-0.2, -0.15) is 0 Å². The van der Waals surface area contributed by atoms with E-state index in [1.54, 1.807) is 0 Å². The van der Waals surface area contributed by atoms with Gasteiger partial charge in [0, 0.05) is 44.3 Å². The first-order valence-corrected chi connectivity index (χ1v) is 8.33. The van der Waals surface area contributed by atoms with Crippen LogP contribution in [0.25, 0.3) is 10.8 Å². The van der Waals surface area contributed by atoms with Crippen LogP contribution in [-0.2, 0) is 0 Å². The molecule has 4 heteroatoms. The third kappa shape index (κ3) is 3.71. The molecule has 1 aliphatic heterocycles. The highest BCUT2D eigenvalue weighted by atomic mass is 16.1. The number of rotatable bonds is 4. The zero-order chi connectivity index (χ0) is 16.2. The molecular weight excluding hydrogens is 286 g/mol. The topological polar surface area (TPSA) is 35.6 Å². The summed E-state index contributed by atoms with van der Waals surface area (Å²) >= 11 is 0. The van der Waals surface area contributed by atoms with Gasteiger partial charge in [0.1, 0.15) is 0 Å². The van der Waals surface area contributed by atoms with Gasteiger partial charge in [0.25, 0.3) is 5.91 Å². The number of amides is 1. The summed E-state index contributed by atoms with van der Waals surface area (Å²) in [5.74, 6) is 0.0165. The number of piperazine rings is 1. The fourth-order valence-electron chi connectivity index (χ4n) is 3.15. The number of fused-ring (bicyclic) bond motifs is 1. The van der Waals surface area contributed by atoms with Gasteiger partial charge in [-0.15, -0.1) is 0 Å². The maximum absolute atomic E-state index is 12.6. The van der Waals surface area contributed by atoms with Crippen LogP contribution in [0.15, 0.2) is 42.5 Å². The Labute approximate surface area is 138 Å². The number of carbonyl (C=O) groups is 1. The van der Waals surface area contributed by atoms with Crippen LogP contribution in [0, 0.1) is 0 Å². The van der Waals surface area contributed by atoms with E-state index in [0.717, 1.165) is 42.5 Å². The van der Waals surface area contributed by atoms with Crippen molar-refractivity contribution in [2.24, 2.45) is 0 Å². The van der Waals surface area contributed by atoms with Crippen molar-refractivity contribution in [2.75, 3.05) is 39.8 Å². The number of benzene rings is 2. The summed E-state index contributed by atoms with van der Waals surface area (Å²) < 4.78 is 0. The van der Waals surface area contributed by atoms with E-state index >= 15 is 0 Å². The van der Waals surface area contributed by atoms with Gasteiger partial charge in [0.15, 0.2) is 0 Å². The van der Waals surface area contributed by atoms with Crippen LogP contribution in [0.5, 0.6) is 0 Å². The van der Waals surface area contributed by atoms with E-state index in [2.05, 4.69) is 29.1 Å². The Morgan fingerprint density at radius 3 is 2.57 bits per heavy atom. The molecule has 1 unspecified atom stereocenters. The van der Waals surface area contributed by atoms with E-state index < -0.39 is 0 Å². The molecule has 0 radical (unpaired) electrons. The second kappa shape index (κ2) is 7.11. The molecule has 3 rings (SSSR count). The highest BCUT2D eigenvalue weighted by molar-refractivity contribution is 6.06. The lowest BCUT2D eigenvalue weighted by Crippen LogP contribution is -2.51. The van der Waals surface area contributed by atoms with Crippen molar-refractivity contribution in [3.63, 3.8) is 0 Å². The Balaban J connectivity index is 1.62. The van der Waals surface area contributed by atoms with E-state index in [9.17, 15) is 4.79 Å². The fraction of sp³-hybridized carbons (Fsp3) is 0.421. The number of nitrogens with zero attached hydrogens (tertiary/aromatic N) is 2. The SMILES string of the molecule is CC(CNC(=O)c1cccc2ccccc12)N1CCN(C)CC1. The molecular formula is C19H25N3O. The maximum atomic E-state index is 12.6. The number of hydrogen-bond donors (Lipinski definition) is 1. The monoisotopic (exact) mass is 311 g/mol. The van der Waals surface area contributed by atoms with E-state index in [4.69, 9.17) is 0 Å². The largest absolute Gasteiger partial charge is 0.350 e. The molecule has 0 aromatic heterocycles. The standard InChI is InChI=1S/C19H25N3O/c1-15(22-12-10-21(2)11-13-22)14-20-19(23)18-9-5-7-16-6-3-4-8-17(16)18/h3-9,15H,10-14H2,1-2H3,(H,20,23). The second-order valence-corrected chi connectivity index (χ2v) is 6.43. The van der Waals surface area contributed by atoms with Gasteiger partial charge in [0.2, 0.25) is 0 Å². The van der Waals surface area contributed by atoms with E-state index in [1.165, 1.54) is 0 Å². The maximum Gasteiger partial charge on any atom is 0.251 e. The summed E-state index contributed by atoms with van der Waals surface area (Å²) in [4.78, 5) is 17.4. The van der Waals surface area contributed by atoms with Gasteiger partial charge in [-0.3, -0.25) is 9.69 Å². The van der Waals surface area contributed by atoms with Crippen LogP contribution >= 0.6 is 0 Å². The first-order valence-electron chi connectivity index (χ1n) is 8.33. The zero-order valence-corrected chi connectivity index (χ0v) is 14.0. The van der Waals surface area contributed by atoms with E-state index in [-0.39, 0.29) is 5.91 Å². The highest BCUT2D eigenvalue weighted by Gasteiger charge is 2.19. The number of hydrogen-bond acceptors (Lipinski definition) is 3. The van der Waals surface area contributed by atoms with Crippen LogP contribution in [0.3, 0.4) is 0 Å². The summed E-state index contributed by atoms with van der Waals surface area (Å²) in [5.41, 5.74) is 0.758. The lowest BCUT2D eigenvalue weighted by molar-refractivity contribution is 0.0905. The van der Waals surface area contributed by atoms with Crippen LogP contribution in [0.4, 0.5) is 0 Å². The lowest BCUT2D eigenvalue weighted by atomic mass is 10.0. The quantitative estimate of drug-likeness (QED) is 0.940. The average Bonchev–Trinajstić information content (AvgIpc) is 2.59. The minimum atomic E-state index is 0.0165. The second-order valence-electron chi connectivity index (χ2n) is 6.43. The Morgan fingerprint density at radius 2 is 1.78 bits per heavy atom. The van der Waals surface area contributed by atoms with Gasteiger partial charge < -0.3 is 10.2 Å². The molecule has 2 aromatic rings. The summed E-state index contributed by atoms with van der Waals surface area (Å²) in [6.45, 7) is 7.22. The molecule has 1 N–H and O–H groups in total. The summed E-state index contributed by atoms with van der Waals surface area (Å²) in [7, 11) is 2.16. The molecule has 1 amide bonds. The van der Waals surface area contributed by atoms with Crippen molar-refractivity contribution < 1.29 is 4.79 Å². The molecule has 1 fully saturated rings. The molecule has 0 saturated carbocycles. The van der Waals surface area contributed by atoms with Gasteiger partial charge >= 0.3 is 0 Å². The average molecular weight is 311 g/mol. The Kier molecular flexibility index (Phi) is 4.94. The Hall–Kier alpha value is -1.91. The van der Waals surface area contributed by atoms with Crippen molar-refractivity contribution in [3.8, 4) is 0 Å². The van der Waals surface area contributed by atoms with E-state index in [0.29, 0.717) is 12.6 Å². The van der Waals surface area contributed by atoms with E-state index in [1.807, 2.05) is 42.5 Å². The third-order valence-corrected chi connectivity index (χ3v) is 4.75. The molecule has 122 valence electrons. The number of likely N-dealkylation sites (N-methyl/N-ethyl adjacent to an activating group) is 1. The number of carbonyl (C=O) groups excluding carboxylic acids is 1. The first kappa shape index (κ1) is 16.0. The van der Waals surface area contributed by atoms with Gasteiger partial charge in [-0.1, -0.05) is 36.4 Å². The molecule has 0 bridgehead atoms. The fourth-order valence-corrected chi connectivity index (χ4v) is 3.15. The predicted octanol–water partition coefficient (Wildman–Crippen LogP) is 2.21. The van der Waals surface area contributed by atoms with Crippen LogP contribution < -0.4 is 5.32 Å². The molecule has 1 aliphatic rings. The van der Waals surface area contributed by atoms with Crippen molar-refractivity contribution in [3.05, 3.63) is 48.0 Å². The molecule has 0 spiro atoms. The molecule has 2 aromatic carbocycles. The molecule has 23 heavy (non-hydrogen) atoms.